The molecule has 0 atom stereocenters. The molecule has 0 amide bonds. The lowest BCUT2D eigenvalue weighted by Gasteiger charge is -2.08. The maximum atomic E-state index is 12.0. The summed E-state index contributed by atoms with van der Waals surface area (Å²) in [4.78, 5) is 10.8. The maximum Gasteiger partial charge on any atom is 0.455 e. The molecular formula is C9H7F3O2. The first-order valence-corrected chi connectivity index (χ1v) is 3.71. The third kappa shape index (κ3) is 2.04. The van der Waals surface area contributed by atoms with Crippen LogP contribution >= 0.6 is 0 Å². The van der Waals surface area contributed by atoms with Gasteiger partial charge in [0.1, 0.15) is 5.75 Å². The number of carbonyl (C=O) groups excluding carboxylic acids is 1. The SMILES string of the molecule is COc1ccccc1C(=O)C(F)(F)F. The van der Waals surface area contributed by atoms with Crippen molar-refractivity contribution >= 4 is 5.78 Å². The van der Waals surface area contributed by atoms with Gasteiger partial charge >= 0.3 is 6.18 Å². The molecule has 0 aromatic heterocycles. The number of hydrogen-bond acceptors (Lipinski definition) is 2. The number of hydrogen-bond donors (Lipinski definition) is 0. The van der Waals surface area contributed by atoms with Crippen molar-refractivity contribution in [1.29, 1.82) is 0 Å². The molecule has 0 aliphatic carbocycles. The van der Waals surface area contributed by atoms with Crippen LogP contribution in [0.2, 0.25) is 0 Å². The molecule has 0 N–H and O–H groups in total. The highest BCUT2D eigenvalue weighted by Gasteiger charge is 2.40. The van der Waals surface area contributed by atoms with E-state index < -0.39 is 17.5 Å². The molecular weight excluding hydrogens is 197 g/mol. The van der Waals surface area contributed by atoms with E-state index in [1.807, 2.05) is 0 Å². The Kier molecular flexibility index (Phi) is 2.78. The molecule has 14 heavy (non-hydrogen) atoms. The lowest BCUT2D eigenvalue weighted by Crippen LogP contribution is -2.23. The average Bonchev–Trinajstić information content (AvgIpc) is 2.15. The predicted molar refractivity (Wildman–Crippen MR) is 43.4 cm³/mol. The van der Waals surface area contributed by atoms with E-state index in [1.165, 1.54) is 25.3 Å². The van der Waals surface area contributed by atoms with E-state index in [-0.39, 0.29) is 5.75 Å². The highest BCUT2D eigenvalue weighted by Crippen LogP contribution is 2.26. The fraction of sp³-hybridized carbons (Fsp3) is 0.222. The zero-order valence-electron chi connectivity index (χ0n) is 7.26. The van der Waals surface area contributed by atoms with E-state index in [0.29, 0.717) is 0 Å². The molecule has 2 nitrogen and oxygen atoms in total. The molecule has 0 spiro atoms. The van der Waals surface area contributed by atoms with Crippen LogP contribution in [0.25, 0.3) is 0 Å². The van der Waals surface area contributed by atoms with Crippen LogP contribution in [-0.4, -0.2) is 19.1 Å². The van der Waals surface area contributed by atoms with Gasteiger partial charge in [-0.05, 0) is 12.1 Å². The largest absolute Gasteiger partial charge is 0.496 e. The normalized spacial score (nSPS) is 11.1. The summed E-state index contributed by atoms with van der Waals surface area (Å²) in [6.45, 7) is 0. The second-order valence-corrected chi connectivity index (χ2v) is 2.53. The van der Waals surface area contributed by atoms with Gasteiger partial charge in [-0.1, -0.05) is 12.1 Å². The van der Waals surface area contributed by atoms with Crippen molar-refractivity contribution in [1.82, 2.24) is 0 Å². The van der Waals surface area contributed by atoms with Gasteiger partial charge in [-0.2, -0.15) is 13.2 Å². The van der Waals surface area contributed by atoms with Crippen molar-refractivity contribution in [3.05, 3.63) is 29.8 Å². The summed E-state index contributed by atoms with van der Waals surface area (Å²) in [5, 5.41) is 0. The Hall–Kier alpha value is -1.52. The maximum absolute atomic E-state index is 12.0. The first-order valence-electron chi connectivity index (χ1n) is 3.71. The Morgan fingerprint density at radius 1 is 1.29 bits per heavy atom. The molecule has 1 aromatic rings. The van der Waals surface area contributed by atoms with Crippen molar-refractivity contribution in [2.45, 2.75) is 6.18 Å². The Balaban J connectivity index is 3.13. The summed E-state index contributed by atoms with van der Waals surface area (Å²) in [6.07, 6.45) is -4.87. The standard InChI is InChI=1S/C9H7F3O2/c1-14-7-5-3-2-4-6(7)8(13)9(10,11)12/h2-5H,1H3. The first-order chi connectivity index (χ1) is 6.46. The quantitative estimate of drug-likeness (QED) is 0.691. The monoisotopic (exact) mass is 204 g/mol. The second kappa shape index (κ2) is 3.69. The van der Waals surface area contributed by atoms with Crippen LogP contribution < -0.4 is 4.74 Å². The zero-order chi connectivity index (χ0) is 10.8. The molecule has 0 bridgehead atoms. The van der Waals surface area contributed by atoms with Crippen LogP contribution in [0.1, 0.15) is 10.4 Å². The Bertz CT molecular complexity index is 344. The molecule has 0 unspecified atom stereocenters. The molecule has 0 fully saturated rings. The molecule has 0 saturated carbocycles. The molecule has 76 valence electrons. The van der Waals surface area contributed by atoms with Crippen molar-refractivity contribution < 1.29 is 22.7 Å². The lowest BCUT2D eigenvalue weighted by atomic mass is 10.1. The second-order valence-electron chi connectivity index (χ2n) is 2.53. The number of para-hydroxylation sites is 1. The Morgan fingerprint density at radius 3 is 2.36 bits per heavy atom. The molecule has 0 radical (unpaired) electrons. The summed E-state index contributed by atoms with van der Waals surface area (Å²) >= 11 is 0. The number of ketones is 1. The summed E-state index contributed by atoms with van der Waals surface area (Å²) in [5.74, 6) is -1.97. The molecule has 0 heterocycles. The summed E-state index contributed by atoms with van der Waals surface area (Å²) in [5.41, 5.74) is -0.470. The lowest BCUT2D eigenvalue weighted by molar-refractivity contribution is -0.0886. The topological polar surface area (TPSA) is 26.3 Å². The number of carbonyl (C=O) groups is 1. The average molecular weight is 204 g/mol. The zero-order valence-corrected chi connectivity index (χ0v) is 7.26. The third-order valence-electron chi connectivity index (χ3n) is 1.61. The van der Waals surface area contributed by atoms with Crippen LogP contribution in [-0.2, 0) is 0 Å². The molecule has 0 saturated heterocycles. The van der Waals surface area contributed by atoms with Crippen LogP contribution in [0.4, 0.5) is 13.2 Å². The van der Waals surface area contributed by atoms with Gasteiger partial charge < -0.3 is 4.74 Å². The number of halogens is 3. The molecule has 5 heteroatoms. The fourth-order valence-corrected chi connectivity index (χ4v) is 0.985. The number of ether oxygens (including phenoxy) is 1. The fourth-order valence-electron chi connectivity index (χ4n) is 0.985. The third-order valence-corrected chi connectivity index (χ3v) is 1.61. The van der Waals surface area contributed by atoms with Gasteiger partial charge in [-0.25, -0.2) is 0 Å². The minimum absolute atomic E-state index is 0.0742. The number of benzene rings is 1. The summed E-state index contributed by atoms with van der Waals surface area (Å²) in [7, 11) is 1.21. The van der Waals surface area contributed by atoms with Crippen molar-refractivity contribution in [2.24, 2.45) is 0 Å². The Morgan fingerprint density at radius 2 is 1.86 bits per heavy atom. The first kappa shape index (κ1) is 10.6. The van der Waals surface area contributed by atoms with E-state index in [9.17, 15) is 18.0 Å². The number of rotatable bonds is 2. The predicted octanol–water partition coefficient (Wildman–Crippen LogP) is 2.44. The van der Waals surface area contributed by atoms with E-state index in [4.69, 9.17) is 0 Å². The number of methoxy groups -OCH3 is 1. The van der Waals surface area contributed by atoms with E-state index in [2.05, 4.69) is 4.74 Å². The Labute approximate surface area is 78.3 Å². The highest BCUT2D eigenvalue weighted by atomic mass is 19.4. The summed E-state index contributed by atoms with van der Waals surface area (Å²) in [6, 6.07) is 5.22. The van der Waals surface area contributed by atoms with Crippen LogP contribution in [0.3, 0.4) is 0 Å². The van der Waals surface area contributed by atoms with E-state index in [0.717, 1.165) is 6.07 Å². The van der Waals surface area contributed by atoms with Gasteiger partial charge in [0.05, 0.1) is 12.7 Å². The summed E-state index contributed by atoms with van der Waals surface area (Å²) < 4.78 is 40.8. The van der Waals surface area contributed by atoms with Gasteiger partial charge in [0, 0.05) is 0 Å². The van der Waals surface area contributed by atoms with Gasteiger partial charge in [-0.15, -0.1) is 0 Å². The van der Waals surface area contributed by atoms with Gasteiger partial charge in [0.25, 0.3) is 5.78 Å². The van der Waals surface area contributed by atoms with Crippen LogP contribution in [0, 0.1) is 0 Å². The molecule has 0 aliphatic rings. The van der Waals surface area contributed by atoms with Crippen molar-refractivity contribution in [3.8, 4) is 5.75 Å². The number of alkyl halides is 3. The van der Waals surface area contributed by atoms with Crippen molar-refractivity contribution in [3.63, 3.8) is 0 Å². The minimum atomic E-state index is -4.87. The van der Waals surface area contributed by atoms with E-state index in [1.54, 1.807) is 0 Å². The molecule has 0 aliphatic heterocycles. The van der Waals surface area contributed by atoms with Crippen LogP contribution in [0.5, 0.6) is 5.75 Å². The van der Waals surface area contributed by atoms with Crippen LogP contribution in [0.15, 0.2) is 24.3 Å². The minimum Gasteiger partial charge on any atom is -0.496 e. The smallest absolute Gasteiger partial charge is 0.455 e. The van der Waals surface area contributed by atoms with Gasteiger partial charge in [0.2, 0.25) is 0 Å². The van der Waals surface area contributed by atoms with Crippen molar-refractivity contribution in [2.75, 3.05) is 7.11 Å². The van der Waals surface area contributed by atoms with Gasteiger partial charge in [-0.3, -0.25) is 4.79 Å². The molecule has 1 aromatic carbocycles. The highest BCUT2D eigenvalue weighted by molar-refractivity contribution is 6.02. The molecule has 1 rings (SSSR count). The number of Topliss-reactive ketones (excluding diaryl/α,β-unsaturated/α-hetero) is 1. The van der Waals surface area contributed by atoms with E-state index >= 15 is 0 Å². The van der Waals surface area contributed by atoms with Gasteiger partial charge in [0.15, 0.2) is 0 Å².